The number of halogens is 3. The fourth-order valence-corrected chi connectivity index (χ4v) is 1.44. The van der Waals surface area contributed by atoms with Crippen molar-refractivity contribution in [2.45, 2.75) is 28.7 Å². The maximum absolute atomic E-state index is 5.47. The fourth-order valence-electron chi connectivity index (χ4n) is 0.756. The Bertz CT molecular complexity index is 127. The molecular weight excluding hydrogens is 356 g/mol. The van der Waals surface area contributed by atoms with Crippen molar-refractivity contribution >= 4 is 47.8 Å². The Morgan fingerprint density at radius 2 is 1.33 bits per heavy atom. The van der Waals surface area contributed by atoms with E-state index in [0.717, 1.165) is 0 Å². The predicted octanol–water partition coefficient (Wildman–Crippen LogP) is 3.61. The minimum atomic E-state index is -0.712. The van der Waals surface area contributed by atoms with Gasteiger partial charge in [-0.15, -0.1) is 0 Å². The molecule has 2 nitrogen and oxygen atoms in total. The molecule has 0 unspecified atom stereocenters. The second-order valence-corrected chi connectivity index (χ2v) is 9.07. The molecule has 12 heavy (non-hydrogen) atoms. The Morgan fingerprint density at radius 1 is 1.00 bits per heavy atom. The van der Waals surface area contributed by atoms with E-state index in [-0.39, 0.29) is 0 Å². The largest absolute Gasteiger partial charge is 0.348 e. The lowest BCUT2D eigenvalue weighted by Crippen LogP contribution is -2.44. The van der Waals surface area contributed by atoms with Crippen molar-refractivity contribution in [2.24, 2.45) is 0 Å². The first kappa shape index (κ1) is 13.4. The molecule has 5 heteroatoms. The summed E-state index contributed by atoms with van der Waals surface area (Å²) in [5.74, 6) is -0.712. The van der Waals surface area contributed by atoms with Crippen LogP contribution in [0.5, 0.6) is 0 Å². The molecule has 0 aromatic rings. The van der Waals surface area contributed by atoms with E-state index in [9.17, 15) is 0 Å². The minimum absolute atomic E-state index is 0.550. The van der Waals surface area contributed by atoms with E-state index in [4.69, 9.17) is 9.47 Å². The SMILES string of the molecule is CCOC(C)(OCC)C(Br)(Br)Br. The van der Waals surface area contributed by atoms with Crippen LogP contribution in [0.4, 0.5) is 0 Å². The standard InChI is InChI=1S/C7H13Br3O2/c1-4-11-6(3,12-5-2)7(8,9)10/h4-5H2,1-3H3. The molecule has 0 aliphatic rings. The Morgan fingerprint density at radius 3 is 1.50 bits per heavy atom. The highest BCUT2D eigenvalue weighted by atomic mass is 80.0. The van der Waals surface area contributed by atoms with Gasteiger partial charge in [0.05, 0.1) is 0 Å². The summed E-state index contributed by atoms with van der Waals surface area (Å²) in [6.45, 7) is 6.91. The average Bonchev–Trinajstić information content (AvgIpc) is 1.86. The lowest BCUT2D eigenvalue weighted by molar-refractivity contribution is -0.211. The van der Waals surface area contributed by atoms with Crippen LogP contribution in [0.15, 0.2) is 0 Å². The first-order chi connectivity index (χ1) is 5.37. The van der Waals surface area contributed by atoms with E-state index in [1.807, 2.05) is 20.8 Å². The third kappa shape index (κ3) is 3.62. The van der Waals surface area contributed by atoms with Crippen molar-refractivity contribution < 1.29 is 9.47 Å². The van der Waals surface area contributed by atoms with Gasteiger partial charge in [-0.25, -0.2) is 0 Å². The second-order valence-electron chi connectivity index (χ2n) is 2.31. The molecule has 0 bridgehead atoms. The molecule has 0 heterocycles. The summed E-state index contributed by atoms with van der Waals surface area (Å²) in [5.41, 5.74) is 0. The molecule has 0 N–H and O–H groups in total. The van der Waals surface area contributed by atoms with Gasteiger partial charge in [-0.05, 0) is 20.8 Å². The van der Waals surface area contributed by atoms with E-state index in [2.05, 4.69) is 47.8 Å². The fraction of sp³-hybridized carbons (Fsp3) is 1.00. The third-order valence-electron chi connectivity index (χ3n) is 1.35. The van der Waals surface area contributed by atoms with Crippen molar-refractivity contribution in [1.29, 1.82) is 0 Å². The maximum Gasteiger partial charge on any atom is 0.200 e. The monoisotopic (exact) mass is 366 g/mol. The molecule has 0 amide bonds. The lowest BCUT2D eigenvalue weighted by Gasteiger charge is -2.36. The summed E-state index contributed by atoms with van der Waals surface area (Å²) in [6, 6.07) is 0. The summed E-state index contributed by atoms with van der Waals surface area (Å²) < 4.78 is 10.4. The van der Waals surface area contributed by atoms with Crippen LogP contribution in [0, 0.1) is 0 Å². The van der Waals surface area contributed by atoms with E-state index < -0.39 is 7.93 Å². The molecule has 0 saturated heterocycles. The molecular formula is C7H13Br3O2. The first-order valence-electron chi connectivity index (χ1n) is 3.72. The first-order valence-corrected chi connectivity index (χ1v) is 6.10. The zero-order valence-corrected chi connectivity index (χ0v) is 12.1. The van der Waals surface area contributed by atoms with Gasteiger partial charge in [0, 0.05) is 13.2 Å². The van der Waals surface area contributed by atoms with E-state index in [1.54, 1.807) is 0 Å². The summed E-state index contributed by atoms with van der Waals surface area (Å²) in [4.78, 5) is 0. The second kappa shape index (κ2) is 5.29. The minimum Gasteiger partial charge on any atom is -0.348 e. The van der Waals surface area contributed by atoms with Crippen LogP contribution < -0.4 is 0 Å². The number of hydrogen-bond acceptors (Lipinski definition) is 2. The highest BCUT2D eigenvalue weighted by molar-refractivity contribution is 9.39. The quantitative estimate of drug-likeness (QED) is 0.557. The van der Waals surface area contributed by atoms with Gasteiger partial charge in [0.2, 0.25) is 5.79 Å². The molecule has 0 aromatic heterocycles. The smallest absolute Gasteiger partial charge is 0.200 e. The zero-order valence-electron chi connectivity index (χ0n) is 7.36. The number of ether oxygens (including phenoxy) is 2. The third-order valence-corrected chi connectivity index (χ3v) is 3.52. The van der Waals surface area contributed by atoms with Gasteiger partial charge in [0.1, 0.15) is 0 Å². The van der Waals surface area contributed by atoms with Gasteiger partial charge in [0.15, 0.2) is 2.14 Å². The summed E-state index contributed by atoms with van der Waals surface area (Å²) in [6.07, 6.45) is 0. The Balaban J connectivity index is 4.38. The van der Waals surface area contributed by atoms with E-state index in [1.165, 1.54) is 0 Å². The molecule has 74 valence electrons. The lowest BCUT2D eigenvalue weighted by atomic mass is 10.4. The van der Waals surface area contributed by atoms with Crippen LogP contribution in [0.3, 0.4) is 0 Å². The highest BCUT2D eigenvalue weighted by Crippen LogP contribution is 2.46. The van der Waals surface area contributed by atoms with Gasteiger partial charge in [0.25, 0.3) is 0 Å². The van der Waals surface area contributed by atoms with Gasteiger partial charge >= 0.3 is 0 Å². The van der Waals surface area contributed by atoms with Crippen LogP contribution in [-0.4, -0.2) is 21.1 Å². The Kier molecular flexibility index (Phi) is 5.89. The van der Waals surface area contributed by atoms with Crippen LogP contribution in [0.2, 0.25) is 0 Å². The Labute approximate surface area is 98.8 Å². The van der Waals surface area contributed by atoms with E-state index in [0.29, 0.717) is 13.2 Å². The van der Waals surface area contributed by atoms with Crippen molar-refractivity contribution in [3.63, 3.8) is 0 Å². The number of alkyl halides is 3. The zero-order chi connectivity index (χ0) is 9.83. The molecule has 0 radical (unpaired) electrons. The van der Waals surface area contributed by atoms with Crippen LogP contribution in [-0.2, 0) is 9.47 Å². The molecule has 0 spiro atoms. The van der Waals surface area contributed by atoms with Gasteiger partial charge in [-0.2, -0.15) is 0 Å². The molecule has 0 aliphatic carbocycles. The molecule has 0 rings (SSSR count). The number of rotatable bonds is 4. The highest BCUT2D eigenvalue weighted by Gasteiger charge is 2.44. The van der Waals surface area contributed by atoms with Crippen LogP contribution in [0.25, 0.3) is 0 Å². The maximum atomic E-state index is 5.47. The van der Waals surface area contributed by atoms with Crippen molar-refractivity contribution in [3.05, 3.63) is 0 Å². The normalized spacial score (nSPS) is 13.5. The van der Waals surface area contributed by atoms with Gasteiger partial charge in [-0.3, -0.25) is 0 Å². The molecule has 0 atom stereocenters. The van der Waals surface area contributed by atoms with Crippen molar-refractivity contribution in [1.82, 2.24) is 0 Å². The molecule has 0 fully saturated rings. The van der Waals surface area contributed by atoms with E-state index >= 15 is 0 Å². The summed E-state index contributed by atoms with van der Waals surface area (Å²) in [5, 5.41) is 0. The van der Waals surface area contributed by atoms with Crippen molar-refractivity contribution in [3.8, 4) is 0 Å². The summed E-state index contributed by atoms with van der Waals surface area (Å²) in [7, 11) is 0. The average molecular weight is 369 g/mol. The summed E-state index contributed by atoms with van der Waals surface area (Å²) >= 11 is 10.2. The van der Waals surface area contributed by atoms with Crippen LogP contribution in [0.1, 0.15) is 20.8 Å². The molecule has 0 aromatic carbocycles. The van der Waals surface area contributed by atoms with Gasteiger partial charge in [-0.1, -0.05) is 47.8 Å². The topological polar surface area (TPSA) is 18.5 Å². The Hall–Kier alpha value is 1.36. The van der Waals surface area contributed by atoms with Gasteiger partial charge < -0.3 is 9.47 Å². The van der Waals surface area contributed by atoms with Crippen molar-refractivity contribution in [2.75, 3.05) is 13.2 Å². The van der Waals surface area contributed by atoms with Crippen LogP contribution >= 0.6 is 47.8 Å². The predicted molar refractivity (Wildman–Crippen MR) is 61.2 cm³/mol. The molecule has 0 saturated carbocycles. The molecule has 0 aliphatic heterocycles. The number of hydrogen-bond donors (Lipinski definition) is 0.